The molecule has 0 bridgehead atoms. The van der Waals surface area contributed by atoms with Crippen molar-refractivity contribution in [3.63, 3.8) is 0 Å². The van der Waals surface area contributed by atoms with Gasteiger partial charge in [0.05, 0.1) is 7.11 Å². The number of carbonyl (C=O) groups excluding carboxylic acids is 1. The van der Waals surface area contributed by atoms with Crippen molar-refractivity contribution >= 4 is 41.3 Å². The van der Waals surface area contributed by atoms with Gasteiger partial charge in [0.1, 0.15) is 5.15 Å². The van der Waals surface area contributed by atoms with Crippen LogP contribution < -0.4 is 4.90 Å². The molecule has 0 saturated heterocycles. The molecule has 2 amide bonds. The van der Waals surface area contributed by atoms with Crippen LogP contribution in [0.5, 0.6) is 0 Å². The van der Waals surface area contributed by atoms with Crippen molar-refractivity contribution in [2.75, 3.05) is 12.0 Å². The van der Waals surface area contributed by atoms with Gasteiger partial charge in [-0.25, -0.2) is 9.59 Å². The number of nitrogens with zero attached hydrogens (tertiary/aromatic N) is 2. The molecule has 0 aliphatic heterocycles. The molecule has 0 atom stereocenters. The highest BCUT2D eigenvalue weighted by molar-refractivity contribution is 6.40. The Labute approximate surface area is 93.6 Å². The molecule has 0 radical (unpaired) electrons. The summed E-state index contributed by atoms with van der Waals surface area (Å²) in [4.78, 5) is 27.8. The van der Waals surface area contributed by atoms with E-state index in [1.807, 2.05) is 0 Å². The molecule has 1 rings (SSSR count). The van der Waals surface area contributed by atoms with Crippen molar-refractivity contribution in [3.05, 3.63) is 10.3 Å². The smallest absolute Gasteiger partial charge is 0.426 e. The van der Waals surface area contributed by atoms with Crippen molar-refractivity contribution in [1.82, 2.24) is 9.97 Å². The van der Waals surface area contributed by atoms with Crippen LogP contribution >= 0.6 is 23.2 Å². The molecule has 0 aromatic carbocycles. The molecule has 0 unspecified atom stereocenters. The van der Waals surface area contributed by atoms with E-state index < -0.39 is 12.2 Å². The summed E-state index contributed by atoms with van der Waals surface area (Å²) in [6.07, 6.45) is -2.69. The number of hydrogen-bond donors (Lipinski definition) is 2. The zero-order valence-electron chi connectivity index (χ0n) is 7.32. The Bertz CT molecular complexity index is 386. The number of imide groups is 1. The average molecular weight is 254 g/mol. The molecule has 1 heterocycles. The quantitative estimate of drug-likeness (QED) is 0.798. The molecule has 0 aliphatic rings. The monoisotopic (exact) mass is 253 g/mol. The van der Waals surface area contributed by atoms with Crippen LogP contribution in [0.25, 0.3) is 0 Å². The Morgan fingerprint density at radius 1 is 1.53 bits per heavy atom. The zero-order chi connectivity index (χ0) is 11.6. The Morgan fingerprint density at radius 3 is 2.47 bits per heavy atom. The Morgan fingerprint density at radius 2 is 2.13 bits per heavy atom. The molecule has 9 heteroatoms. The lowest BCUT2D eigenvalue weighted by Crippen LogP contribution is -2.36. The number of nitrogens with one attached hydrogen (secondary N) is 1. The first kappa shape index (κ1) is 11.6. The van der Waals surface area contributed by atoms with Gasteiger partial charge in [0.2, 0.25) is 5.95 Å². The number of carboxylic acid groups (broad SMARTS) is 1. The molecular formula is C6H5Cl2N3O4. The van der Waals surface area contributed by atoms with Gasteiger partial charge in [-0.05, 0) is 0 Å². The largest absolute Gasteiger partial charge is 0.464 e. The predicted molar refractivity (Wildman–Crippen MR) is 51.5 cm³/mol. The second-order valence-electron chi connectivity index (χ2n) is 2.25. The number of halogens is 2. The number of amides is 2. The normalized spacial score (nSPS) is 9.80. The lowest BCUT2D eigenvalue weighted by Gasteiger charge is -2.11. The Kier molecular flexibility index (Phi) is 3.38. The fourth-order valence-electron chi connectivity index (χ4n) is 0.772. The topological polar surface area (TPSA) is 95.5 Å². The second kappa shape index (κ2) is 4.37. The summed E-state index contributed by atoms with van der Waals surface area (Å²) in [7, 11) is 1.03. The van der Waals surface area contributed by atoms with Crippen LogP contribution in [0.4, 0.5) is 15.5 Å². The summed E-state index contributed by atoms with van der Waals surface area (Å²) >= 11 is 11.0. The summed E-state index contributed by atoms with van der Waals surface area (Å²) in [6, 6.07) is 0. The standard InChI is InChI=1S/C6H5Cl2N3O4/c1-15-6(14)11(5(12)13)4-9-2(7)3(8)10-4/h1H3,(H,9,10)(H,12,13). The fourth-order valence-corrected chi connectivity index (χ4v) is 1.03. The number of ether oxygens (including phenoxy) is 1. The molecule has 2 N–H and O–H groups in total. The molecule has 82 valence electrons. The molecule has 0 saturated carbocycles. The van der Waals surface area contributed by atoms with Crippen LogP contribution in [0.15, 0.2) is 0 Å². The Balaban J connectivity index is 3.10. The van der Waals surface area contributed by atoms with E-state index in [0.717, 1.165) is 7.11 Å². The van der Waals surface area contributed by atoms with Crippen LogP contribution in [0, 0.1) is 0 Å². The number of rotatable bonds is 1. The summed E-state index contributed by atoms with van der Waals surface area (Å²) in [5, 5.41) is 8.50. The third-order valence-electron chi connectivity index (χ3n) is 1.37. The van der Waals surface area contributed by atoms with Crippen molar-refractivity contribution < 1.29 is 19.4 Å². The highest BCUT2D eigenvalue weighted by Gasteiger charge is 2.27. The van der Waals surface area contributed by atoms with E-state index in [9.17, 15) is 9.59 Å². The number of aromatic amines is 1. The van der Waals surface area contributed by atoms with Crippen molar-refractivity contribution in [2.45, 2.75) is 0 Å². The lowest BCUT2D eigenvalue weighted by atomic mass is 10.7. The minimum Gasteiger partial charge on any atom is -0.464 e. The van der Waals surface area contributed by atoms with E-state index in [-0.39, 0.29) is 21.2 Å². The summed E-state index contributed by atoms with van der Waals surface area (Å²) in [6.45, 7) is 0. The predicted octanol–water partition coefficient (Wildman–Crippen LogP) is 1.97. The minimum atomic E-state index is -1.57. The number of hydrogen-bond acceptors (Lipinski definition) is 4. The maximum Gasteiger partial charge on any atom is 0.426 e. The third-order valence-corrected chi connectivity index (χ3v) is 2.01. The van der Waals surface area contributed by atoms with Gasteiger partial charge in [-0.15, -0.1) is 4.90 Å². The van der Waals surface area contributed by atoms with Crippen molar-refractivity contribution in [1.29, 1.82) is 0 Å². The van der Waals surface area contributed by atoms with Gasteiger partial charge in [0.25, 0.3) is 0 Å². The van der Waals surface area contributed by atoms with Crippen molar-refractivity contribution in [2.24, 2.45) is 0 Å². The molecule has 15 heavy (non-hydrogen) atoms. The molecule has 1 aromatic heterocycles. The van der Waals surface area contributed by atoms with E-state index in [0.29, 0.717) is 0 Å². The first-order valence-electron chi connectivity index (χ1n) is 3.49. The third kappa shape index (κ3) is 2.31. The van der Waals surface area contributed by atoms with Crippen molar-refractivity contribution in [3.8, 4) is 0 Å². The van der Waals surface area contributed by atoms with Gasteiger partial charge in [-0.1, -0.05) is 23.2 Å². The molecule has 0 aliphatic carbocycles. The first-order valence-corrected chi connectivity index (χ1v) is 4.25. The van der Waals surface area contributed by atoms with Gasteiger partial charge in [0.15, 0.2) is 5.15 Å². The van der Waals surface area contributed by atoms with Crippen LogP contribution in [0.3, 0.4) is 0 Å². The van der Waals surface area contributed by atoms with E-state index in [1.165, 1.54) is 0 Å². The lowest BCUT2D eigenvalue weighted by molar-refractivity contribution is 0.168. The average Bonchev–Trinajstić information content (AvgIpc) is 2.46. The van der Waals surface area contributed by atoms with Gasteiger partial charge >= 0.3 is 12.2 Å². The Hall–Kier alpha value is -1.47. The number of imidazole rings is 1. The van der Waals surface area contributed by atoms with Gasteiger partial charge in [-0.2, -0.15) is 4.98 Å². The summed E-state index contributed by atoms with van der Waals surface area (Å²) in [5.74, 6) is -0.329. The zero-order valence-corrected chi connectivity index (χ0v) is 8.83. The van der Waals surface area contributed by atoms with Crippen LogP contribution in [-0.2, 0) is 4.74 Å². The first-order chi connectivity index (χ1) is 6.97. The SMILES string of the molecule is COC(=O)N(C(=O)O)c1nc(Cl)c(Cl)[nH]1. The van der Waals surface area contributed by atoms with Crippen LogP contribution in [0.2, 0.25) is 10.3 Å². The maximum absolute atomic E-state index is 11.1. The van der Waals surface area contributed by atoms with E-state index in [1.54, 1.807) is 0 Å². The summed E-state index contributed by atoms with van der Waals surface area (Å²) in [5.41, 5.74) is 0. The number of H-pyrrole nitrogens is 1. The number of anilines is 1. The van der Waals surface area contributed by atoms with E-state index in [2.05, 4.69) is 14.7 Å². The molecule has 7 nitrogen and oxygen atoms in total. The molecule has 1 aromatic rings. The van der Waals surface area contributed by atoms with Gasteiger partial charge in [0, 0.05) is 0 Å². The molecule has 0 spiro atoms. The van der Waals surface area contributed by atoms with E-state index >= 15 is 0 Å². The number of aromatic nitrogens is 2. The fraction of sp³-hybridized carbons (Fsp3) is 0.167. The minimum absolute atomic E-state index is 0.0678. The van der Waals surface area contributed by atoms with Crippen LogP contribution in [0.1, 0.15) is 0 Å². The van der Waals surface area contributed by atoms with Gasteiger partial charge in [-0.3, -0.25) is 0 Å². The molecule has 0 fully saturated rings. The second-order valence-corrected chi connectivity index (χ2v) is 2.99. The highest BCUT2D eigenvalue weighted by Crippen LogP contribution is 2.23. The maximum atomic E-state index is 11.1. The van der Waals surface area contributed by atoms with Gasteiger partial charge < -0.3 is 14.8 Å². The summed E-state index contributed by atoms with van der Waals surface area (Å²) < 4.78 is 4.24. The highest BCUT2D eigenvalue weighted by atomic mass is 35.5. The number of carbonyl (C=O) groups is 2. The number of methoxy groups -OCH3 is 1. The van der Waals surface area contributed by atoms with E-state index in [4.69, 9.17) is 28.3 Å². The van der Waals surface area contributed by atoms with Crippen LogP contribution in [-0.4, -0.2) is 34.4 Å². The molecular weight excluding hydrogens is 249 g/mol.